The number of nitrogens with one attached hydrogen (secondary N) is 1. The summed E-state index contributed by atoms with van der Waals surface area (Å²) < 4.78 is 0. The summed E-state index contributed by atoms with van der Waals surface area (Å²) in [5.41, 5.74) is 2.24. The van der Waals surface area contributed by atoms with E-state index in [0.717, 1.165) is 50.1 Å². The van der Waals surface area contributed by atoms with E-state index in [2.05, 4.69) is 5.32 Å². The molecular weight excluding hydrogens is 284 g/mol. The zero-order valence-electron chi connectivity index (χ0n) is 12.6. The Morgan fingerprint density at radius 3 is 2.43 bits per heavy atom. The van der Waals surface area contributed by atoms with Gasteiger partial charge in [-0.25, -0.2) is 0 Å². The number of carbonyl (C=O) groups excluding carboxylic acids is 1. The van der Waals surface area contributed by atoms with Crippen molar-refractivity contribution in [2.45, 2.75) is 32.6 Å². The molecular formula is C17H23ClN2O. The van der Waals surface area contributed by atoms with Crippen LogP contribution in [0.2, 0.25) is 5.02 Å². The Morgan fingerprint density at radius 2 is 1.81 bits per heavy atom. The Labute approximate surface area is 131 Å². The summed E-state index contributed by atoms with van der Waals surface area (Å²) in [6.07, 6.45) is 4.79. The molecule has 4 heteroatoms. The van der Waals surface area contributed by atoms with Crippen molar-refractivity contribution in [1.29, 1.82) is 0 Å². The maximum atomic E-state index is 12.6. The number of hydrogen-bond acceptors (Lipinski definition) is 2. The number of rotatable bonds is 1. The molecule has 2 fully saturated rings. The molecule has 3 rings (SSSR count). The maximum absolute atomic E-state index is 12.6. The number of halogens is 1. The molecule has 1 amide bonds. The standard InChI is InChI=1S/C17H23ClN2O/c1-13-10-14(12-15(18)11-13)16(21)20-8-4-17(5-9-20)2-6-19-7-3-17/h10-12,19H,2-9H2,1H3. The first-order valence-electron chi connectivity index (χ1n) is 7.85. The molecule has 2 aliphatic rings. The van der Waals surface area contributed by atoms with Crippen LogP contribution < -0.4 is 5.32 Å². The third-order valence-corrected chi connectivity index (χ3v) is 5.28. The van der Waals surface area contributed by atoms with Gasteiger partial charge in [0.25, 0.3) is 5.91 Å². The highest BCUT2D eigenvalue weighted by molar-refractivity contribution is 6.31. The molecule has 0 atom stereocenters. The lowest BCUT2D eigenvalue weighted by Gasteiger charge is -2.44. The number of amides is 1. The summed E-state index contributed by atoms with van der Waals surface area (Å²) in [6, 6.07) is 5.60. The Balaban J connectivity index is 1.67. The summed E-state index contributed by atoms with van der Waals surface area (Å²) >= 11 is 6.07. The molecule has 0 aromatic heterocycles. The Hall–Kier alpha value is -1.06. The lowest BCUT2D eigenvalue weighted by atomic mass is 9.71. The van der Waals surface area contributed by atoms with Crippen LogP contribution in [0.4, 0.5) is 0 Å². The Kier molecular flexibility index (Phi) is 4.23. The normalized spacial score (nSPS) is 21.5. The Morgan fingerprint density at radius 1 is 1.14 bits per heavy atom. The van der Waals surface area contributed by atoms with E-state index in [9.17, 15) is 4.79 Å². The molecule has 1 aromatic rings. The van der Waals surface area contributed by atoms with Gasteiger partial charge in [0.2, 0.25) is 0 Å². The minimum Gasteiger partial charge on any atom is -0.339 e. The van der Waals surface area contributed by atoms with Gasteiger partial charge >= 0.3 is 0 Å². The van der Waals surface area contributed by atoms with Gasteiger partial charge in [-0.1, -0.05) is 11.6 Å². The molecule has 21 heavy (non-hydrogen) atoms. The molecule has 2 heterocycles. The molecule has 3 nitrogen and oxygen atoms in total. The van der Waals surface area contributed by atoms with Crippen LogP contribution in [-0.4, -0.2) is 37.0 Å². The lowest BCUT2D eigenvalue weighted by molar-refractivity contribution is 0.0495. The van der Waals surface area contributed by atoms with E-state index in [1.54, 1.807) is 6.07 Å². The first-order chi connectivity index (χ1) is 10.1. The third-order valence-electron chi connectivity index (χ3n) is 5.06. The van der Waals surface area contributed by atoms with Crippen molar-refractivity contribution in [2.24, 2.45) is 5.41 Å². The second-order valence-electron chi connectivity index (χ2n) is 6.56. The smallest absolute Gasteiger partial charge is 0.253 e. The van der Waals surface area contributed by atoms with E-state index in [1.165, 1.54) is 12.8 Å². The van der Waals surface area contributed by atoms with Gasteiger partial charge in [0.05, 0.1) is 0 Å². The largest absolute Gasteiger partial charge is 0.339 e. The van der Waals surface area contributed by atoms with Crippen molar-refractivity contribution in [1.82, 2.24) is 10.2 Å². The fraction of sp³-hybridized carbons (Fsp3) is 0.588. The molecule has 1 N–H and O–H groups in total. The van der Waals surface area contributed by atoms with Crippen LogP contribution in [0.1, 0.15) is 41.6 Å². The molecule has 0 bridgehead atoms. The van der Waals surface area contributed by atoms with Gasteiger partial charge < -0.3 is 10.2 Å². The number of carbonyl (C=O) groups is 1. The summed E-state index contributed by atoms with van der Waals surface area (Å²) in [6.45, 7) is 5.99. The predicted molar refractivity (Wildman–Crippen MR) is 85.9 cm³/mol. The minimum atomic E-state index is 0.129. The zero-order chi connectivity index (χ0) is 14.9. The highest BCUT2D eigenvalue weighted by Gasteiger charge is 2.36. The van der Waals surface area contributed by atoms with Crippen LogP contribution >= 0.6 is 11.6 Å². The van der Waals surface area contributed by atoms with Crippen LogP contribution in [0.5, 0.6) is 0 Å². The molecule has 1 aromatic carbocycles. The van der Waals surface area contributed by atoms with Crippen molar-refractivity contribution >= 4 is 17.5 Å². The van der Waals surface area contributed by atoms with E-state index in [4.69, 9.17) is 11.6 Å². The van der Waals surface area contributed by atoms with Gasteiger partial charge in [0, 0.05) is 23.7 Å². The predicted octanol–water partition coefficient (Wildman–Crippen LogP) is 3.25. The van der Waals surface area contributed by atoms with Gasteiger partial charge in [-0.05, 0) is 74.9 Å². The first kappa shape index (κ1) is 14.9. The highest BCUT2D eigenvalue weighted by atomic mass is 35.5. The zero-order valence-corrected chi connectivity index (χ0v) is 13.4. The average Bonchev–Trinajstić information content (AvgIpc) is 2.47. The molecule has 1 spiro atoms. The van der Waals surface area contributed by atoms with Crippen molar-refractivity contribution in [2.75, 3.05) is 26.2 Å². The van der Waals surface area contributed by atoms with E-state index < -0.39 is 0 Å². The van der Waals surface area contributed by atoms with Gasteiger partial charge in [-0.3, -0.25) is 4.79 Å². The van der Waals surface area contributed by atoms with Gasteiger partial charge in [-0.15, -0.1) is 0 Å². The molecule has 0 unspecified atom stereocenters. The van der Waals surface area contributed by atoms with Crippen molar-refractivity contribution in [3.63, 3.8) is 0 Å². The van der Waals surface area contributed by atoms with Crippen LogP contribution in [0, 0.1) is 12.3 Å². The highest BCUT2D eigenvalue weighted by Crippen LogP contribution is 2.39. The van der Waals surface area contributed by atoms with Crippen LogP contribution in [-0.2, 0) is 0 Å². The SMILES string of the molecule is Cc1cc(Cl)cc(C(=O)N2CCC3(CCNCC3)CC2)c1. The fourth-order valence-electron chi connectivity index (χ4n) is 3.68. The molecule has 0 saturated carbocycles. The van der Waals surface area contributed by atoms with Gasteiger partial charge in [0.1, 0.15) is 0 Å². The van der Waals surface area contributed by atoms with Crippen LogP contribution in [0.25, 0.3) is 0 Å². The molecule has 2 saturated heterocycles. The monoisotopic (exact) mass is 306 g/mol. The maximum Gasteiger partial charge on any atom is 0.253 e. The van der Waals surface area contributed by atoms with Crippen molar-refractivity contribution < 1.29 is 4.79 Å². The lowest BCUT2D eigenvalue weighted by Crippen LogP contribution is -2.47. The molecule has 0 radical (unpaired) electrons. The number of aryl methyl sites for hydroxylation is 1. The number of benzene rings is 1. The quantitative estimate of drug-likeness (QED) is 0.864. The second-order valence-corrected chi connectivity index (χ2v) is 7.00. The number of piperidine rings is 2. The van der Waals surface area contributed by atoms with E-state index >= 15 is 0 Å². The van der Waals surface area contributed by atoms with E-state index in [1.807, 2.05) is 24.0 Å². The van der Waals surface area contributed by atoms with Gasteiger partial charge in [-0.2, -0.15) is 0 Å². The van der Waals surface area contributed by atoms with Crippen molar-refractivity contribution in [3.05, 3.63) is 34.3 Å². The summed E-state index contributed by atoms with van der Waals surface area (Å²) in [7, 11) is 0. The molecule has 2 aliphatic heterocycles. The topological polar surface area (TPSA) is 32.3 Å². The van der Waals surface area contributed by atoms with Gasteiger partial charge in [0.15, 0.2) is 0 Å². The number of nitrogens with zero attached hydrogens (tertiary/aromatic N) is 1. The van der Waals surface area contributed by atoms with Crippen molar-refractivity contribution in [3.8, 4) is 0 Å². The summed E-state index contributed by atoms with van der Waals surface area (Å²) in [5, 5.41) is 4.08. The minimum absolute atomic E-state index is 0.129. The Bertz CT molecular complexity index is 507. The molecule has 0 aliphatic carbocycles. The second kappa shape index (κ2) is 5.98. The molecule has 114 valence electrons. The fourth-order valence-corrected chi connectivity index (χ4v) is 3.97. The van der Waals surface area contributed by atoms with Crippen LogP contribution in [0.15, 0.2) is 18.2 Å². The summed E-state index contributed by atoms with van der Waals surface area (Å²) in [4.78, 5) is 14.6. The van der Waals surface area contributed by atoms with Crippen LogP contribution in [0.3, 0.4) is 0 Å². The summed E-state index contributed by atoms with van der Waals surface area (Å²) in [5.74, 6) is 0.129. The first-order valence-corrected chi connectivity index (χ1v) is 8.23. The van der Waals surface area contributed by atoms with E-state index in [0.29, 0.717) is 10.4 Å². The average molecular weight is 307 g/mol. The third kappa shape index (κ3) is 3.24. The van der Waals surface area contributed by atoms with E-state index in [-0.39, 0.29) is 5.91 Å². The number of hydrogen-bond donors (Lipinski definition) is 1. The number of likely N-dealkylation sites (tertiary alicyclic amines) is 1.